The number of methoxy groups -OCH3 is 1. The molecule has 5 nitrogen and oxygen atoms in total. The van der Waals surface area contributed by atoms with Crippen molar-refractivity contribution in [1.82, 2.24) is 10.2 Å². The van der Waals surface area contributed by atoms with E-state index in [1.165, 1.54) is 38.5 Å². The number of nitrogens with one attached hydrogen (secondary N) is 1. The first-order valence-electron chi connectivity index (χ1n) is 11.0. The van der Waals surface area contributed by atoms with Crippen LogP contribution in [-0.4, -0.2) is 56.2 Å². The molecule has 5 fully saturated rings. The monoisotopic (exact) mass is 383 g/mol. The van der Waals surface area contributed by atoms with Crippen LogP contribution in [0, 0.1) is 17.8 Å². The first-order valence-corrected chi connectivity index (χ1v) is 11.0. The molecule has 0 spiro atoms. The van der Waals surface area contributed by atoms with Crippen LogP contribution in [0.25, 0.3) is 0 Å². The van der Waals surface area contributed by atoms with Gasteiger partial charge in [0.05, 0.1) is 19.3 Å². The molecule has 0 radical (unpaired) electrons. The number of benzene rings is 1. The highest BCUT2D eigenvalue weighted by Crippen LogP contribution is 2.55. The van der Waals surface area contributed by atoms with Crippen molar-refractivity contribution in [1.29, 1.82) is 0 Å². The second kappa shape index (κ2) is 7.25. The number of anilines is 1. The first kappa shape index (κ1) is 18.3. The number of para-hydroxylation sites is 2. The lowest BCUT2D eigenvalue weighted by atomic mass is 9.53. The van der Waals surface area contributed by atoms with Crippen LogP contribution in [0.3, 0.4) is 0 Å². The molecule has 0 atom stereocenters. The van der Waals surface area contributed by atoms with E-state index in [-0.39, 0.29) is 11.4 Å². The van der Waals surface area contributed by atoms with Gasteiger partial charge < -0.3 is 15.0 Å². The number of rotatable bonds is 5. The van der Waals surface area contributed by atoms with Crippen LogP contribution < -0.4 is 15.0 Å². The maximum absolute atomic E-state index is 12.9. The zero-order valence-electron chi connectivity index (χ0n) is 17.0. The quantitative estimate of drug-likeness (QED) is 0.849. The molecular weight excluding hydrogens is 350 g/mol. The van der Waals surface area contributed by atoms with Crippen molar-refractivity contribution in [2.75, 3.05) is 44.7 Å². The molecule has 1 saturated heterocycles. The lowest BCUT2D eigenvalue weighted by Crippen LogP contribution is -2.61. The number of ether oxygens (including phenoxy) is 1. The Kier molecular flexibility index (Phi) is 4.74. The van der Waals surface area contributed by atoms with E-state index in [1.807, 2.05) is 12.1 Å². The minimum absolute atomic E-state index is 0.130. The number of carbonyl (C=O) groups excluding carboxylic acids is 1. The average Bonchev–Trinajstić information content (AvgIpc) is 2.67. The summed E-state index contributed by atoms with van der Waals surface area (Å²) >= 11 is 0. The third-order valence-corrected chi connectivity index (χ3v) is 7.61. The number of amides is 1. The number of carbonyl (C=O) groups is 1. The molecule has 28 heavy (non-hydrogen) atoms. The Bertz CT molecular complexity index is 691. The van der Waals surface area contributed by atoms with E-state index in [1.54, 1.807) is 7.11 Å². The van der Waals surface area contributed by atoms with E-state index < -0.39 is 0 Å². The second-order valence-corrected chi connectivity index (χ2v) is 9.68. The first-order chi connectivity index (χ1) is 13.6. The average molecular weight is 384 g/mol. The van der Waals surface area contributed by atoms with E-state index in [4.69, 9.17) is 4.74 Å². The summed E-state index contributed by atoms with van der Waals surface area (Å²) in [6, 6.07) is 8.20. The summed E-state index contributed by atoms with van der Waals surface area (Å²) < 4.78 is 5.50. The van der Waals surface area contributed by atoms with Gasteiger partial charge in [0, 0.05) is 31.7 Å². The molecule has 1 aromatic rings. The Morgan fingerprint density at radius 3 is 2.25 bits per heavy atom. The molecule has 4 saturated carbocycles. The summed E-state index contributed by atoms with van der Waals surface area (Å²) in [5.74, 6) is 3.78. The zero-order valence-corrected chi connectivity index (χ0v) is 17.0. The second-order valence-electron chi connectivity index (χ2n) is 9.68. The summed E-state index contributed by atoms with van der Waals surface area (Å²) in [7, 11) is 1.73. The van der Waals surface area contributed by atoms with Crippen molar-refractivity contribution in [3.8, 4) is 5.75 Å². The van der Waals surface area contributed by atoms with Crippen molar-refractivity contribution in [2.45, 2.75) is 44.1 Å². The van der Waals surface area contributed by atoms with Gasteiger partial charge in [-0.05, 0) is 68.4 Å². The van der Waals surface area contributed by atoms with E-state index in [9.17, 15) is 4.79 Å². The fourth-order valence-electron chi connectivity index (χ4n) is 6.84. The molecule has 1 N–H and O–H groups in total. The van der Waals surface area contributed by atoms with E-state index in [0.29, 0.717) is 6.54 Å². The van der Waals surface area contributed by atoms with Crippen LogP contribution in [0.5, 0.6) is 5.75 Å². The van der Waals surface area contributed by atoms with Gasteiger partial charge in [-0.1, -0.05) is 12.1 Å². The van der Waals surface area contributed by atoms with Gasteiger partial charge in [-0.3, -0.25) is 9.69 Å². The molecule has 1 aliphatic heterocycles. The molecule has 1 aromatic carbocycles. The van der Waals surface area contributed by atoms with Gasteiger partial charge in [0.2, 0.25) is 5.91 Å². The predicted octanol–water partition coefficient (Wildman–Crippen LogP) is 2.90. The maximum Gasteiger partial charge on any atom is 0.234 e. The zero-order chi connectivity index (χ0) is 19.1. The molecule has 4 bridgehead atoms. The number of hydrogen-bond donors (Lipinski definition) is 1. The van der Waals surface area contributed by atoms with Gasteiger partial charge in [0.1, 0.15) is 5.75 Å². The number of nitrogens with zero attached hydrogens (tertiary/aromatic N) is 2. The van der Waals surface area contributed by atoms with E-state index in [2.05, 4.69) is 27.2 Å². The highest BCUT2D eigenvalue weighted by molar-refractivity contribution is 5.79. The number of hydrogen-bond acceptors (Lipinski definition) is 4. The summed E-state index contributed by atoms with van der Waals surface area (Å²) in [4.78, 5) is 17.5. The number of piperazine rings is 1. The van der Waals surface area contributed by atoms with Gasteiger partial charge in [-0.15, -0.1) is 0 Å². The normalized spacial score (nSPS) is 34.5. The Morgan fingerprint density at radius 2 is 1.64 bits per heavy atom. The molecule has 1 amide bonds. The SMILES string of the molecule is COc1ccccc1N1CCN(CC(=O)NC23CC4CC(CC(C4)C2)C3)CC1. The summed E-state index contributed by atoms with van der Waals surface area (Å²) in [6.45, 7) is 4.26. The Hall–Kier alpha value is -1.75. The van der Waals surface area contributed by atoms with Crippen LogP contribution in [0.4, 0.5) is 5.69 Å². The molecule has 1 heterocycles. The summed E-state index contributed by atoms with van der Waals surface area (Å²) in [5.41, 5.74) is 1.29. The fourth-order valence-corrected chi connectivity index (χ4v) is 6.84. The van der Waals surface area contributed by atoms with Gasteiger partial charge in [0.15, 0.2) is 0 Å². The van der Waals surface area contributed by atoms with Gasteiger partial charge in [-0.25, -0.2) is 0 Å². The molecule has 0 aromatic heterocycles. The topological polar surface area (TPSA) is 44.8 Å². The van der Waals surface area contributed by atoms with Crippen molar-refractivity contribution in [2.24, 2.45) is 17.8 Å². The van der Waals surface area contributed by atoms with Crippen molar-refractivity contribution in [3.63, 3.8) is 0 Å². The van der Waals surface area contributed by atoms with Crippen LogP contribution in [0.15, 0.2) is 24.3 Å². The van der Waals surface area contributed by atoms with E-state index in [0.717, 1.165) is 55.4 Å². The Labute approximate surface area is 168 Å². The van der Waals surface area contributed by atoms with Crippen LogP contribution in [0.1, 0.15) is 38.5 Å². The highest BCUT2D eigenvalue weighted by atomic mass is 16.5. The largest absolute Gasteiger partial charge is 0.495 e. The van der Waals surface area contributed by atoms with Gasteiger partial charge >= 0.3 is 0 Å². The standard InChI is InChI=1S/C23H33N3O2/c1-28-21-5-3-2-4-20(21)26-8-6-25(7-9-26)16-22(27)24-23-13-17-10-18(14-23)12-19(11-17)15-23/h2-5,17-19H,6-16H2,1H3,(H,24,27). The van der Waals surface area contributed by atoms with Crippen LogP contribution in [0.2, 0.25) is 0 Å². The summed E-state index contributed by atoms with van der Waals surface area (Å²) in [6.07, 6.45) is 7.94. The lowest BCUT2D eigenvalue weighted by molar-refractivity contribution is -0.128. The van der Waals surface area contributed by atoms with Crippen LogP contribution in [-0.2, 0) is 4.79 Å². The third-order valence-electron chi connectivity index (χ3n) is 7.61. The summed E-state index contributed by atoms with van der Waals surface area (Å²) in [5, 5.41) is 3.52. The lowest BCUT2D eigenvalue weighted by Gasteiger charge is -2.57. The molecule has 0 unspecified atom stereocenters. The molecule has 6 rings (SSSR count). The van der Waals surface area contributed by atoms with Crippen LogP contribution >= 0.6 is 0 Å². The fraction of sp³-hybridized carbons (Fsp3) is 0.696. The molecule has 4 aliphatic carbocycles. The van der Waals surface area contributed by atoms with Gasteiger partial charge in [-0.2, -0.15) is 0 Å². The Morgan fingerprint density at radius 1 is 1.04 bits per heavy atom. The predicted molar refractivity (Wildman–Crippen MR) is 111 cm³/mol. The maximum atomic E-state index is 12.9. The smallest absolute Gasteiger partial charge is 0.234 e. The third kappa shape index (κ3) is 3.49. The minimum Gasteiger partial charge on any atom is -0.495 e. The molecule has 5 heteroatoms. The molecular formula is C23H33N3O2. The van der Waals surface area contributed by atoms with E-state index >= 15 is 0 Å². The molecule has 5 aliphatic rings. The van der Waals surface area contributed by atoms with Crippen molar-refractivity contribution < 1.29 is 9.53 Å². The van der Waals surface area contributed by atoms with Crippen molar-refractivity contribution >= 4 is 11.6 Å². The van der Waals surface area contributed by atoms with Gasteiger partial charge in [0.25, 0.3) is 0 Å². The minimum atomic E-state index is 0.130. The Balaban J connectivity index is 1.15. The van der Waals surface area contributed by atoms with Crippen molar-refractivity contribution in [3.05, 3.63) is 24.3 Å². The molecule has 152 valence electrons. The highest BCUT2D eigenvalue weighted by Gasteiger charge is 2.51.